The standard InChI is InChI=1S/C38H45N7O4/c1-42-16-10-27(11-17-42)28-12-18-43(19-13-28)38(15-21-46)23-31(45-34-9-7-29-4-2-3-5-32(29)35(34)40-36(45)47)14-20-44(38)37(48)49-25-26-6-8-33-30(22-26)24-39-41-33/h2-9,21-22,24,27-28,31H,10-20,23,25H2,1H3,(H,39,41)(H,40,47)/t31-,38+/m1/s1. The monoisotopic (exact) mass is 663 g/mol. The second kappa shape index (κ2) is 13.1. The number of hydrogen-bond donors (Lipinski definition) is 2. The first-order valence-electron chi connectivity index (χ1n) is 17.8. The van der Waals surface area contributed by atoms with Crippen molar-refractivity contribution in [3.8, 4) is 0 Å². The fourth-order valence-corrected chi connectivity index (χ4v) is 9.14. The van der Waals surface area contributed by atoms with Crippen LogP contribution in [0.5, 0.6) is 0 Å². The first kappa shape index (κ1) is 31.8. The molecule has 0 spiro atoms. The van der Waals surface area contributed by atoms with Crippen molar-refractivity contribution in [2.75, 3.05) is 39.8 Å². The van der Waals surface area contributed by atoms with Gasteiger partial charge < -0.3 is 19.4 Å². The van der Waals surface area contributed by atoms with Gasteiger partial charge in [0, 0.05) is 49.3 Å². The number of benzene rings is 3. The Balaban J connectivity index is 1.10. The van der Waals surface area contributed by atoms with Crippen LogP contribution in [0.15, 0.2) is 65.6 Å². The molecule has 8 rings (SSSR count). The van der Waals surface area contributed by atoms with E-state index in [1.165, 1.54) is 12.8 Å². The van der Waals surface area contributed by atoms with Gasteiger partial charge in [0.1, 0.15) is 18.6 Å². The lowest BCUT2D eigenvalue weighted by atomic mass is 9.77. The van der Waals surface area contributed by atoms with E-state index in [0.29, 0.717) is 31.2 Å². The van der Waals surface area contributed by atoms with Crippen molar-refractivity contribution < 1.29 is 14.3 Å². The fourth-order valence-electron chi connectivity index (χ4n) is 9.14. The van der Waals surface area contributed by atoms with Gasteiger partial charge in [0.25, 0.3) is 0 Å². The van der Waals surface area contributed by atoms with Crippen LogP contribution < -0.4 is 5.69 Å². The Kier molecular flexibility index (Phi) is 8.49. The van der Waals surface area contributed by atoms with Gasteiger partial charge in [0.15, 0.2) is 0 Å². The molecule has 0 aliphatic carbocycles. The normalized spacial score (nSPS) is 23.4. The lowest BCUT2D eigenvalue weighted by molar-refractivity contribution is -0.127. The minimum absolute atomic E-state index is 0.115. The Morgan fingerprint density at radius 1 is 0.959 bits per heavy atom. The number of H-pyrrole nitrogens is 2. The largest absolute Gasteiger partial charge is 0.445 e. The second-order valence-electron chi connectivity index (χ2n) is 14.4. The molecule has 0 unspecified atom stereocenters. The molecule has 0 saturated carbocycles. The summed E-state index contributed by atoms with van der Waals surface area (Å²) in [6.45, 7) is 4.37. The number of aromatic nitrogens is 4. The molecule has 2 N–H and O–H groups in total. The second-order valence-corrected chi connectivity index (χ2v) is 14.4. The summed E-state index contributed by atoms with van der Waals surface area (Å²) < 4.78 is 7.88. The van der Waals surface area contributed by atoms with Crippen molar-refractivity contribution in [1.82, 2.24) is 34.4 Å². The molecule has 3 aliphatic rings. The maximum Gasteiger partial charge on any atom is 0.411 e. The summed E-state index contributed by atoms with van der Waals surface area (Å²) in [5.41, 5.74) is 2.39. The molecule has 3 fully saturated rings. The van der Waals surface area contributed by atoms with Gasteiger partial charge in [-0.05, 0) is 93.2 Å². The van der Waals surface area contributed by atoms with Gasteiger partial charge in [-0.1, -0.05) is 36.4 Å². The summed E-state index contributed by atoms with van der Waals surface area (Å²) in [6, 6.07) is 17.8. The number of hydrogen-bond acceptors (Lipinski definition) is 7. The van der Waals surface area contributed by atoms with Crippen molar-refractivity contribution >= 4 is 45.1 Å². The van der Waals surface area contributed by atoms with E-state index in [0.717, 1.165) is 83.6 Å². The molecule has 0 bridgehead atoms. The number of aromatic amines is 2. The quantitative estimate of drug-likeness (QED) is 0.215. The molecule has 2 aromatic heterocycles. The number of aldehydes is 1. The Hall–Kier alpha value is -4.48. The van der Waals surface area contributed by atoms with Crippen LogP contribution in [0.25, 0.3) is 32.7 Å². The van der Waals surface area contributed by atoms with E-state index in [2.05, 4.69) is 38.1 Å². The van der Waals surface area contributed by atoms with Gasteiger partial charge in [0.05, 0.1) is 22.7 Å². The molecule has 5 aromatic rings. The van der Waals surface area contributed by atoms with Crippen LogP contribution in [0, 0.1) is 11.8 Å². The van der Waals surface area contributed by atoms with E-state index >= 15 is 0 Å². The van der Waals surface area contributed by atoms with Crippen molar-refractivity contribution in [2.24, 2.45) is 11.8 Å². The Labute approximate surface area is 285 Å². The van der Waals surface area contributed by atoms with Crippen molar-refractivity contribution in [3.05, 3.63) is 76.8 Å². The molecule has 0 radical (unpaired) electrons. The zero-order valence-electron chi connectivity index (χ0n) is 28.1. The molecule has 5 heterocycles. The number of carbonyl (C=O) groups excluding carboxylic acids is 2. The molecule has 1 amide bonds. The van der Waals surface area contributed by atoms with Gasteiger partial charge in [-0.15, -0.1) is 0 Å². The summed E-state index contributed by atoms with van der Waals surface area (Å²) >= 11 is 0. The Bertz CT molecular complexity index is 2030. The molecule has 3 aliphatic heterocycles. The predicted molar refractivity (Wildman–Crippen MR) is 189 cm³/mol. The van der Waals surface area contributed by atoms with Crippen LogP contribution in [-0.4, -0.2) is 92.3 Å². The van der Waals surface area contributed by atoms with Crippen LogP contribution >= 0.6 is 0 Å². The van der Waals surface area contributed by atoms with Crippen LogP contribution in [0.3, 0.4) is 0 Å². The highest BCUT2D eigenvalue weighted by Gasteiger charge is 2.51. The first-order chi connectivity index (χ1) is 23.9. The van der Waals surface area contributed by atoms with Crippen molar-refractivity contribution in [2.45, 2.75) is 63.3 Å². The highest BCUT2D eigenvalue weighted by molar-refractivity contribution is 6.04. The number of amides is 1. The van der Waals surface area contributed by atoms with E-state index in [1.54, 1.807) is 11.1 Å². The average molecular weight is 664 g/mol. The summed E-state index contributed by atoms with van der Waals surface area (Å²) in [4.78, 5) is 50.2. The molecule has 49 heavy (non-hydrogen) atoms. The third kappa shape index (κ3) is 5.82. The number of nitrogens with one attached hydrogen (secondary N) is 2. The summed E-state index contributed by atoms with van der Waals surface area (Å²) in [6.07, 6.45) is 7.98. The highest BCUT2D eigenvalue weighted by Crippen LogP contribution is 2.44. The van der Waals surface area contributed by atoms with Gasteiger partial charge in [-0.2, -0.15) is 5.10 Å². The Morgan fingerprint density at radius 2 is 1.73 bits per heavy atom. The number of rotatable bonds is 7. The summed E-state index contributed by atoms with van der Waals surface area (Å²) in [7, 11) is 2.20. The van der Waals surface area contributed by atoms with Crippen LogP contribution in [-0.2, 0) is 16.1 Å². The number of fused-ring (bicyclic) bond motifs is 4. The zero-order valence-corrected chi connectivity index (χ0v) is 28.1. The smallest absolute Gasteiger partial charge is 0.411 e. The van der Waals surface area contributed by atoms with E-state index in [1.807, 2.05) is 53.1 Å². The highest BCUT2D eigenvalue weighted by atomic mass is 16.6. The third-order valence-corrected chi connectivity index (χ3v) is 11.8. The van der Waals surface area contributed by atoms with Gasteiger partial charge >= 0.3 is 11.8 Å². The van der Waals surface area contributed by atoms with Gasteiger partial charge in [0.2, 0.25) is 0 Å². The number of likely N-dealkylation sites (tertiary alicyclic amines) is 3. The van der Waals surface area contributed by atoms with Gasteiger partial charge in [-0.3, -0.25) is 19.5 Å². The molecule has 3 aromatic carbocycles. The minimum Gasteiger partial charge on any atom is -0.445 e. The zero-order chi connectivity index (χ0) is 33.5. The van der Waals surface area contributed by atoms with E-state index in [-0.39, 0.29) is 24.8 Å². The molecule has 3 saturated heterocycles. The summed E-state index contributed by atoms with van der Waals surface area (Å²) in [5, 5.41) is 10.1. The number of imidazole rings is 1. The topological polar surface area (TPSA) is 120 Å². The molecular formula is C38H45N7O4. The minimum atomic E-state index is -0.909. The molecule has 11 heteroatoms. The fraction of sp³-hybridized carbons (Fsp3) is 0.474. The number of nitrogens with zero attached hydrogens (tertiary/aromatic N) is 5. The maximum absolute atomic E-state index is 14.1. The van der Waals surface area contributed by atoms with E-state index in [9.17, 15) is 14.4 Å². The molecule has 256 valence electrons. The maximum atomic E-state index is 14.1. The number of ether oxygens (including phenoxy) is 1. The van der Waals surface area contributed by atoms with Crippen LogP contribution in [0.2, 0.25) is 0 Å². The molecule has 11 nitrogen and oxygen atoms in total. The summed E-state index contributed by atoms with van der Waals surface area (Å²) in [5.74, 6) is 1.35. The van der Waals surface area contributed by atoms with E-state index < -0.39 is 11.8 Å². The lowest BCUT2D eigenvalue weighted by Gasteiger charge is -2.56. The SMILES string of the molecule is CN1CCC(C2CCN([C@]3(CC=O)C[C@H](n4c(=O)[nH]c5c6ccccc6ccc54)CCN3C(=O)OCc3ccc4[nH]ncc4c3)CC2)CC1. The first-order valence-corrected chi connectivity index (χ1v) is 17.8. The third-order valence-electron chi connectivity index (χ3n) is 11.8. The molecule has 2 atom stereocenters. The predicted octanol–water partition coefficient (Wildman–Crippen LogP) is 5.67. The number of piperidine rings is 3. The van der Waals surface area contributed by atoms with Crippen LogP contribution in [0.4, 0.5) is 4.79 Å². The number of carbonyl (C=O) groups is 2. The van der Waals surface area contributed by atoms with E-state index in [4.69, 9.17) is 4.74 Å². The van der Waals surface area contributed by atoms with Gasteiger partial charge in [-0.25, -0.2) is 9.59 Å². The van der Waals surface area contributed by atoms with Crippen molar-refractivity contribution in [3.63, 3.8) is 0 Å². The average Bonchev–Trinajstić information content (AvgIpc) is 3.74. The van der Waals surface area contributed by atoms with Crippen molar-refractivity contribution in [1.29, 1.82) is 0 Å². The van der Waals surface area contributed by atoms with Crippen LogP contribution in [0.1, 0.15) is 56.6 Å². The Morgan fingerprint density at radius 3 is 2.53 bits per heavy atom. The lowest BCUT2D eigenvalue weighted by Crippen LogP contribution is -2.67. The molecular weight excluding hydrogens is 618 g/mol.